The van der Waals surface area contributed by atoms with E-state index in [1.54, 1.807) is 41.3 Å². The lowest BCUT2D eigenvalue weighted by molar-refractivity contribution is -0.148. The number of amides is 3. The standard InChI is InChI=1S/C29H34N6O7/c30-21(15-17-5-9-19(36)10-6-17)25-32-33-26(42-25)23-3-1-14-35(23)29(41)31-22(16-18-7-11-20(37)12-8-18)27(38)34-13-2-4-24(34)28(39)40/h5-12,21-24,36-37H,1-4,13-16,30H2,(H,31,41)(H,39,40)/t21-,22-,23-,24-/m0/s1. The van der Waals surface area contributed by atoms with Crippen molar-refractivity contribution in [2.45, 2.75) is 62.7 Å². The van der Waals surface area contributed by atoms with Crippen LogP contribution in [-0.2, 0) is 22.4 Å². The Hall–Kier alpha value is -4.65. The fraction of sp³-hybridized carbons (Fsp3) is 0.414. The van der Waals surface area contributed by atoms with Crippen LogP contribution in [0.2, 0.25) is 0 Å². The number of phenols is 2. The lowest BCUT2D eigenvalue weighted by atomic mass is 10.0. The van der Waals surface area contributed by atoms with Gasteiger partial charge in [-0.15, -0.1) is 10.2 Å². The maximum Gasteiger partial charge on any atom is 0.326 e. The van der Waals surface area contributed by atoms with Crippen LogP contribution < -0.4 is 11.1 Å². The lowest BCUT2D eigenvalue weighted by Gasteiger charge is -2.30. The first kappa shape index (κ1) is 28.9. The molecule has 6 N–H and O–H groups in total. The van der Waals surface area contributed by atoms with Gasteiger partial charge in [-0.1, -0.05) is 24.3 Å². The normalized spacial score (nSPS) is 19.9. The van der Waals surface area contributed by atoms with E-state index in [2.05, 4.69) is 15.5 Å². The summed E-state index contributed by atoms with van der Waals surface area (Å²) < 4.78 is 5.90. The molecule has 3 amide bonds. The van der Waals surface area contributed by atoms with E-state index in [1.165, 1.54) is 17.0 Å². The number of urea groups is 1. The van der Waals surface area contributed by atoms with Gasteiger partial charge in [0.25, 0.3) is 0 Å². The van der Waals surface area contributed by atoms with Crippen molar-refractivity contribution >= 4 is 17.9 Å². The summed E-state index contributed by atoms with van der Waals surface area (Å²) in [5.74, 6) is -0.868. The summed E-state index contributed by atoms with van der Waals surface area (Å²) in [6, 6.07) is 9.36. The number of aliphatic carboxylic acids is 1. The molecule has 42 heavy (non-hydrogen) atoms. The molecule has 222 valence electrons. The summed E-state index contributed by atoms with van der Waals surface area (Å²) in [4.78, 5) is 41.8. The number of aromatic hydroxyl groups is 2. The number of likely N-dealkylation sites (tertiary alicyclic amines) is 2. The third-order valence-corrected chi connectivity index (χ3v) is 7.76. The van der Waals surface area contributed by atoms with Crippen molar-refractivity contribution in [3.05, 3.63) is 71.4 Å². The molecule has 2 aliphatic rings. The molecule has 0 saturated carbocycles. The zero-order valence-electron chi connectivity index (χ0n) is 22.9. The van der Waals surface area contributed by atoms with E-state index in [4.69, 9.17) is 10.2 Å². The van der Waals surface area contributed by atoms with E-state index in [0.717, 1.165) is 5.56 Å². The Labute approximate surface area is 241 Å². The summed E-state index contributed by atoms with van der Waals surface area (Å²) in [5, 5.41) is 39.9. The van der Waals surface area contributed by atoms with Crippen LogP contribution in [0.4, 0.5) is 4.79 Å². The number of nitrogens with two attached hydrogens (primary N) is 1. The van der Waals surface area contributed by atoms with Gasteiger partial charge in [0.2, 0.25) is 17.7 Å². The third-order valence-electron chi connectivity index (χ3n) is 7.76. The molecule has 2 fully saturated rings. The molecule has 1 aromatic heterocycles. The number of nitrogens with one attached hydrogen (secondary N) is 1. The highest BCUT2D eigenvalue weighted by molar-refractivity contribution is 5.91. The van der Waals surface area contributed by atoms with E-state index >= 15 is 0 Å². The number of carbonyl (C=O) groups is 3. The quantitative estimate of drug-likeness (QED) is 0.251. The number of aromatic nitrogens is 2. The highest BCUT2D eigenvalue weighted by Crippen LogP contribution is 2.32. The molecule has 5 rings (SSSR count). The van der Waals surface area contributed by atoms with Gasteiger partial charge in [-0.05, 0) is 67.5 Å². The average molecular weight is 579 g/mol. The first-order valence-corrected chi connectivity index (χ1v) is 13.9. The highest BCUT2D eigenvalue weighted by atomic mass is 16.4. The smallest absolute Gasteiger partial charge is 0.326 e. The number of hydrogen-bond acceptors (Lipinski definition) is 9. The van der Waals surface area contributed by atoms with Crippen molar-refractivity contribution in [3.8, 4) is 11.5 Å². The Morgan fingerprint density at radius 2 is 1.50 bits per heavy atom. The van der Waals surface area contributed by atoms with Gasteiger partial charge in [0.15, 0.2) is 0 Å². The predicted octanol–water partition coefficient (Wildman–Crippen LogP) is 2.26. The van der Waals surface area contributed by atoms with Crippen LogP contribution in [0.5, 0.6) is 11.5 Å². The van der Waals surface area contributed by atoms with Crippen molar-refractivity contribution < 1.29 is 34.1 Å². The second-order valence-corrected chi connectivity index (χ2v) is 10.7. The lowest BCUT2D eigenvalue weighted by Crippen LogP contribution is -2.55. The minimum absolute atomic E-state index is 0.0674. The van der Waals surface area contributed by atoms with Gasteiger partial charge in [0.05, 0.1) is 6.04 Å². The van der Waals surface area contributed by atoms with Crippen LogP contribution in [0.15, 0.2) is 52.9 Å². The van der Waals surface area contributed by atoms with Crippen molar-refractivity contribution in [2.75, 3.05) is 13.1 Å². The Bertz CT molecular complexity index is 1410. The molecule has 4 atom stereocenters. The van der Waals surface area contributed by atoms with Crippen LogP contribution in [0.1, 0.15) is 60.7 Å². The monoisotopic (exact) mass is 578 g/mol. The van der Waals surface area contributed by atoms with Crippen LogP contribution in [0.25, 0.3) is 0 Å². The van der Waals surface area contributed by atoms with Gasteiger partial charge in [-0.2, -0.15) is 0 Å². The van der Waals surface area contributed by atoms with Gasteiger partial charge < -0.3 is 40.6 Å². The van der Waals surface area contributed by atoms with Gasteiger partial charge in [0.1, 0.15) is 29.6 Å². The number of hydrogen-bond donors (Lipinski definition) is 5. The number of phenolic OH excluding ortho intramolecular Hbond substituents is 2. The van der Waals surface area contributed by atoms with Crippen molar-refractivity contribution in [1.82, 2.24) is 25.3 Å². The summed E-state index contributed by atoms with van der Waals surface area (Å²) in [5.41, 5.74) is 7.87. The first-order chi connectivity index (χ1) is 20.2. The second-order valence-electron chi connectivity index (χ2n) is 10.7. The maximum absolute atomic E-state index is 13.6. The molecule has 2 saturated heterocycles. The summed E-state index contributed by atoms with van der Waals surface area (Å²) >= 11 is 0. The number of benzene rings is 2. The zero-order valence-corrected chi connectivity index (χ0v) is 22.9. The van der Waals surface area contributed by atoms with Gasteiger partial charge in [-0.3, -0.25) is 4.79 Å². The molecule has 2 aliphatic heterocycles. The van der Waals surface area contributed by atoms with Crippen molar-refractivity contribution in [1.29, 1.82) is 0 Å². The van der Waals surface area contributed by atoms with Crippen molar-refractivity contribution in [3.63, 3.8) is 0 Å². The van der Waals surface area contributed by atoms with E-state index < -0.39 is 42.1 Å². The van der Waals surface area contributed by atoms with Gasteiger partial charge >= 0.3 is 12.0 Å². The maximum atomic E-state index is 13.6. The summed E-state index contributed by atoms with van der Waals surface area (Å²) in [6.07, 6.45) is 2.69. The topological polar surface area (TPSA) is 195 Å². The largest absolute Gasteiger partial charge is 0.508 e. The summed E-state index contributed by atoms with van der Waals surface area (Å²) in [7, 11) is 0. The molecule has 2 aromatic carbocycles. The highest BCUT2D eigenvalue weighted by Gasteiger charge is 2.40. The van der Waals surface area contributed by atoms with Crippen LogP contribution in [0.3, 0.4) is 0 Å². The van der Waals surface area contributed by atoms with Crippen molar-refractivity contribution in [2.24, 2.45) is 5.73 Å². The fourth-order valence-corrected chi connectivity index (χ4v) is 5.56. The number of carboxylic acids is 1. The minimum atomic E-state index is -1.08. The fourth-order valence-electron chi connectivity index (χ4n) is 5.56. The second kappa shape index (κ2) is 12.5. The van der Waals surface area contributed by atoms with Crippen LogP contribution in [0, 0.1) is 0 Å². The Balaban J connectivity index is 1.30. The van der Waals surface area contributed by atoms with Crippen LogP contribution >= 0.6 is 0 Å². The number of rotatable bonds is 9. The minimum Gasteiger partial charge on any atom is -0.508 e. The molecule has 13 nitrogen and oxygen atoms in total. The van der Waals surface area contributed by atoms with Gasteiger partial charge in [-0.25, -0.2) is 9.59 Å². The molecule has 0 bridgehead atoms. The van der Waals surface area contributed by atoms with Gasteiger partial charge in [0, 0.05) is 19.5 Å². The number of carbonyl (C=O) groups excluding carboxylic acids is 2. The molecule has 3 heterocycles. The number of carboxylic acid groups (broad SMARTS) is 1. The first-order valence-electron chi connectivity index (χ1n) is 13.9. The average Bonchev–Trinajstić information content (AvgIpc) is 3.75. The summed E-state index contributed by atoms with van der Waals surface area (Å²) in [6.45, 7) is 0.689. The Morgan fingerprint density at radius 3 is 2.14 bits per heavy atom. The number of nitrogens with zero attached hydrogens (tertiary/aromatic N) is 4. The molecule has 3 aromatic rings. The Kier molecular flexibility index (Phi) is 8.57. The molecular weight excluding hydrogens is 544 g/mol. The SMILES string of the molecule is N[C@@H](Cc1ccc(O)cc1)c1nnc([C@@H]2CCCN2C(=O)N[C@@H](Cc2ccc(O)cc2)C(=O)N2CCC[C@H]2C(=O)O)o1. The molecule has 0 unspecified atom stereocenters. The predicted molar refractivity (Wildman–Crippen MR) is 148 cm³/mol. The molecule has 0 aliphatic carbocycles. The molecule has 0 radical (unpaired) electrons. The molecular formula is C29H34N6O7. The Morgan fingerprint density at radius 1 is 0.905 bits per heavy atom. The van der Waals surface area contributed by atoms with Crippen LogP contribution in [-0.4, -0.2) is 78.4 Å². The zero-order chi connectivity index (χ0) is 29.8. The molecule has 13 heteroatoms. The van der Waals surface area contributed by atoms with E-state index in [9.17, 15) is 29.7 Å². The van der Waals surface area contributed by atoms with E-state index in [0.29, 0.717) is 50.8 Å². The molecule has 0 spiro atoms. The van der Waals surface area contributed by atoms with E-state index in [-0.39, 0.29) is 29.7 Å². The third kappa shape index (κ3) is 6.46. The van der Waals surface area contributed by atoms with E-state index in [1.807, 2.05) is 0 Å².